The summed E-state index contributed by atoms with van der Waals surface area (Å²) in [6.07, 6.45) is 7.84. The van der Waals surface area contributed by atoms with Gasteiger partial charge in [-0.15, -0.1) is 0 Å². The third kappa shape index (κ3) is 3.19. The Hall–Kier alpha value is -0.610. The Morgan fingerprint density at radius 3 is 2.56 bits per heavy atom. The lowest BCUT2D eigenvalue weighted by Crippen LogP contribution is -2.45. The Bertz CT molecular complexity index is 245. The number of rotatable bonds is 5. The molecule has 1 amide bonds. The summed E-state index contributed by atoms with van der Waals surface area (Å²) in [7, 11) is 0. The van der Waals surface area contributed by atoms with Gasteiger partial charge in [-0.1, -0.05) is 19.3 Å². The summed E-state index contributed by atoms with van der Waals surface area (Å²) in [5.74, 6) is 0.0147. The number of hydrogen-bond donors (Lipinski definition) is 2. The van der Waals surface area contributed by atoms with E-state index in [9.17, 15) is 4.79 Å². The van der Waals surface area contributed by atoms with Gasteiger partial charge in [-0.3, -0.25) is 4.79 Å². The fourth-order valence-corrected chi connectivity index (χ4v) is 2.32. The minimum Gasteiger partial charge on any atom is -0.364 e. The van der Waals surface area contributed by atoms with Crippen LogP contribution in [0.1, 0.15) is 44.9 Å². The van der Waals surface area contributed by atoms with Crippen LogP contribution in [0, 0.1) is 0 Å². The Labute approximate surface area is 96.9 Å². The largest absolute Gasteiger partial charge is 0.364 e. The summed E-state index contributed by atoms with van der Waals surface area (Å²) in [6.45, 7) is 0.706. The third-order valence-corrected chi connectivity index (χ3v) is 3.59. The molecule has 2 rings (SSSR count). The van der Waals surface area contributed by atoms with E-state index >= 15 is 0 Å². The van der Waals surface area contributed by atoms with Crippen LogP contribution in [0.2, 0.25) is 0 Å². The number of ether oxygens (including phenoxy) is 1. The molecule has 2 aliphatic rings. The Morgan fingerprint density at radius 1 is 1.31 bits per heavy atom. The fourth-order valence-electron chi connectivity index (χ4n) is 2.32. The zero-order valence-corrected chi connectivity index (χ0v) is 9.84. The molecule has 0 radical (unpaired) electrons. The first-order valence-electron chi connectivity index (χ1n) is 6.37. The molecule has 0 saturated heterocycles. The van der Waals surface area contributed by atoms with Crippen molar-refractivity contribution in [3.8, 4) is 0 Å². The average molecular weight is 226 g/mol. The standard InChI is InChI=1S/C12H22N2O2/c13-9-12(6-2-1-3-7-12)16-8-11(15)14-10-4-5-10/h10H,1-9,13H2,(H,14,15). The molecular weight excluding hydrogens is 204 g/mol. The highest BCUT2D eigenvalue weighted by atomic mass is 16.5. The molecule has 92 valence electrons. The van der Waals surface area contributed by atoms with Gasteiger partial charge in [-0.2, -0.15) is 0 Å². The van der Waals surface area contributed by atoms with Crippen LogP contribution in [0.15, 0.2) is 0 Å². The summed E-state index contributed by atoms with van der Waals surface area (Å²) < 4.78 is 5.77. The van der Waals surface area contributed by atoms with E-state index in [2.05, 4.69) is 5.32 Å². The summed E-state index contributed by atoms with van der Waals surface area (Å²) in [5.41, 5.74) is 5.56. The molecular formula is C12H22N2O2. The van der Waals surface area contributed by atoms with E-state index in [0.717, 1.165) is 25.7 Å². The number of amides is 1. The van der Waals surface area contributed by atoms with Crippen LogP contribution >= 0.6 is 0 Å². The highest BCUT2D eigenvalue weighted by Crippen LogP contribution is 2.30. The molecule has 0 aromatic heterocycles. The van der Waals surface area contributed by atoms with Crippen LogP contribution < -0.4 is 11.1 Å². The molecule has 3 N–H and O–H groups in total. The van der Waals surface area contributed by atoms with Crippen molar-refractivity contribution >= 4 is 5.91 Å². The van der Waals surface area contributed by atoms with E-state index < -0.39 is 0 Å². The third-order valence-electron chi connectivity index (χ3n) is 3.59. The van der Waals surface area contributed by atoms with Gasteiger partial charge in [0.05, 0.1) is 5.60 Å². The average Bonchev–Trinajstić information content (AvgIpc) is 3.12. The number of carbonyl (C=O) groups is 1. The number of nitrogens with two attached hydrogens (primary N) is 1. The van der Waals surface area contributed by atoms with Gasteiger partial charge in [-0.25, -0.2) is 0 Å². The van der Waals surface area contributed by atoms with Crippen LogP contribution in [-0.4, -0.2) is 30.7 Å². The molecule has 2 saturated carbocycles. The highest BCUT2D eigenvalue weighted by molar-refractivity contribution is 5.77. The van der Waals surface area contributed by atoms with E-state index in [1.54, 1.807) is 0 Å². The van der Waals surface area contributed by atoms with Crippen molar-refractivity contribution in [3.63, 3.8) is 0 Å². The molecule has 0 spiro atoms. The van der Waals surface area contributed by atoms with Crippen molar-refractivity contribution in [1.29, 1.82) is 0 Å². The Kier molecular flexibility index (Phi) is 3.82. The first-order chi connectivity index (χ1) is 7.74. The van der Waals surface area contributed by atoms with Crippen LogP contribution in [0.25, 0.3) is 0 Å². The number of nitrogens with one attached hydrogen (secondary N) is 1. The summed E-state index contributed by atoms with van der Waals surface area (Å²) in [6, 6.07) is 0.413. The molecule has 0 heterocycles. The van der Waals surface area contributed by atoms with E-state index in [4.69, 9.17) is 10.5 Å². The number of carbonyl (C=O) groups excluding carboxylic acids is 1. The first-order valence-corrected chi connectivity index (χ1v) is 6.37. The molecule has 2 fully saturated rings. The van der Waals surface area contributed by atoms with Crippen LogP contribution in [0.5, 0.6) is 0 Å². The lowest BCUT2D eigenvalue weighted by Gasteiger charge is -2.35. The SMILES string of the molecule is NCC1(OCC(=O)NC2CC2)CCCCC1. The van der Waals surface area contributed by atoms with Crippen molar-refractivity contribution in [1.82, 2.24) is 5.32 Å². The van der Waals surface area contributed by atoms with Gasteiger partial charge < -0.3 is 15.8 Å². The van der Waals surface area contributed by atoms with Gasteiger partial charge in [0.2, 0.25) is 5.91 Å². The molecule has 16 heavy (non-hydrogen) atoms. The lowest BCUT2D eigenvalue weighted by atomic mass is 9.85. The molecule has 0 aromatic rings. The van der Waals surface area contributed by atoms with Crippen molar-refractivity contribution in [3.05, 3.63) is 0 Å². The molecule has 0 bridgehead atoms. The maximum absolute atomic E-state index is 11.5. The molecule has 0 aromatic carbocycles. The molecule has 2 aliphatic carbocycles. The van der Waals surface area contributed by atoms with Crippen LogP contribution in [0.4, 0.5) is 0 Å². The Balaban J connectivity index is 1.74. The highest BCUT2D eigenvalue weighted by Gasteiger charge is 2.32. The first kappa shape index (κ1) is 11.9. The second-order valence-electron chi connectivity index (χ2n) is 5.08. The maximum atomic E-state index is 11.5. The van der Waals surface area contributed by atoms with Gasteiger partial charge in [0.1, 0.15) is 6.61 Å². The minimum absolute atomic E-state index is 0.0147. The minimum atomic E-state index is -0.223. The lowest BCUT2D eigenvalue weighted by molar-refractivity contribution is -0.135. The summed E-state index contributed by atoms with van der Waals surface area (Å²) in [5, 5.41) is 2.93. The topological polar surface area (TPSA) is 64.3 Å². The molecule has 4 heteroatoms. The molecule has 0 aliphatic heterocycles. The second-order valence-corrected chi connectivity index (χ2v) is 5.08. The van der Waals surface area contributed by atoms with Gasteiger partial charge in [0, 0.05) is 12.6 Å². The van der Waals surface area contributed by atoms with Crippen LogP contribution in [0.3, 0.4) is 0 Å². The maximum Gasteiger partial charge on any atom is 0.246 e. The van der Waals surface area contributed by atoms with Gasteiger partial charge in [0.15, 0.2) is 0 Å². The monoisotopic (exact) mass is 226 g/mol. The van der Waals surface area contributed by atoms with Crippen molar-refractivity contribution in [2.45, 2.75) is 56.6 Å². The van der Waals surface area contributed by atoms with Crippen molar-refractivity contribution in [2.24, 2.45) is 5.73 Å². The van der Waals surface area contributed by atoms with E-state index in [-0.39, 0.29) is 18.1 Å². The van der Waals surface area contributed by atoms with Gasteiger partial charge in [0.25, 0.3) is 0 Å². The van der Waals surface area contributed by atoms with Crippen LogP contribution in [-0.2, 0) is 9.53 Å². The number of hydrogen-bond acceptors (Lipinski definition) is 3. The molecule has 4 nitrogen and oxygen atoms in total. The quantitative estimate of drug-likeness (QED) is 0.733. The summed E-state index contributed by atoms with van der Waals surface area (Å²) >= 11 is 0. The molecule has 0 atom stereocenters. The fraction of sp³-hybridized carbons (Fsp3) is 0.917. The normalized spacial score (nSPS) is 24.1. The van der Waals surface area contributed by atoms with E-state index in [1.165, 1.54) is 19.3 Å². The molecule has 0 unspecified atom stereocenters. The van der Waals surface area contributed by atoms with Gasteiger partial charge >= 0.3 is 0 Å². The zero-order chi connectivity index (χ0) is 11.4. The van der Waals surface area contributed by atoms with E-state index in [1.807, 2.05) is 0 Å². The van der Waals surface area contributed by atoms with Gasteiger partial charge in [-0.05, 0) is 25.7 Å². The smallest absolute Gasteiger partial charge is 0.246 e. The predicted molar refractivity (Wildman–Crippen MR) is 62.0 cm³/mol. The Morgan fingerprint density at radius 2 is 2.00 bits per heavy atom. The van der Waals surface area contributed by atoms with Crippen molar-refractivity contribution in [2.75, 3.05) is 13.2 Å². The predicted octanol–water partition coefficient (Wildman–Crippen LogP) is 0.943. The zero-order valence-electron chi connectivity index (χ0n) is 9.84. The summed E-state index contributed by atoms with van der Waals surface area (Å²) in [4.78, 5) is 11.5. The van der Waals surface area contributed by atoms with E-state index in [0.29, 0.717) is 12.6 Å². The van der Waals surface area contributed by atoms with Crippen molar-refractivity contribution < 1.29 is 9.53 Å². The second kappa shape index (κ2) is 5.15.